The first kappa shape index (κ1) is 42.3. The van der Waals surface area contributed by atoms with Gasteiger partial charge in [-0.05, 0) is 87.9 Å². The van der Waals surface area contributed by atoms with Crippen LogP contribution in [0.15, 0.2) is 131 Å². The molecule has 0 aliphatic carbocycles. The van der Waals surface area contributed by atoms with E-state index in [0.717, 1.165) is 77.5 Å². The smallest absolute Gasteiger partial charge is 0.213 e. The number of methoxy groups -OCH3 is 1. The summed E-state index contributed by atoms with van der Waals surface area (Å²) in [6.07, 6.45) is -0.930. The highest BCUT2D eigenvalue weighted by molar-refractivity contribution is 7.99. The molecule has 0 amide bonds. The molecule has 59 heavy (non-hydrogen) atoms. The van der Waals surface area contributed by atoms with Gasteiger partial charge in [0, 0.05) is 37.6 Å². The van der Waals surface area contributed by atoms with E-state index >= 15 is 0 Å². The summed E-state index contributed by atoms with van der Waals surface area (Å²) < 4.78 is 78.6. The predicted molar refractivity (Wildman–Crippen MR) is 235 cm³/mol. The highest BCUT2D eigenvalue weighted by atomic mass is 32.2. The molecule has 2 aliphatic heterocycles. The fraction of sp³-hybridized carbons (Fsp3) is 0.200. The highest BCUT2D eigenvalue weighted by Gasteiger charge is 2.32. The molecule has 6 aromatic rings. The maximum Gasteiger partial charge on any atom is 0.213 e. The van der Waals surface area contributed by atoms with Gasteiger partial charge in [0.2, 0.25) is 20.0 Å². The van der Waals surface area contributed by atoms with E-state index < -0.39 is 26.2 Å². The highest BCUT2D eigenvalue weighted by Crippen LogP contribution is 2.50. The lowest BCUT2D eigenvalue weighted by atomic mass is 9.88. The van der Waals surface area contributed by atoms with Crippen LogP contribution in [0.3, 0.4) is 0 Å². The van der Waals surface area contributed by atoms with Crippen molar-refractivity contribution in [2.24, 2.45) is 10.3 Å². The van der Waals surface area contributed by atoms with Gasteiger partial charge in [-0.1, -0.05) is 86.6 Å². The zero-order valence-corrected chi connectivity index (χ0v) is 35.8. The van der Waals surface area contributed by atoms with Crippen molar-refractivity contribution in [1.82, 2.24) is 0 Å². The van der Waals surface area contributed by atoms with Gasteiger partial charge in [-0.15, -0.1) is 23.5 Å². The molecule has 0 spiro atoms. The number of sulfonamides is 2. The summed E-state index contributed by atoms with van der Waals surface area (Å²) in [7, 11) is -5.69. The molecule has 0 aromatic heterocycles. The number of thioether (sulfide) groups is 2. The topological polar surface area (TPSA) is 148 Å². The number of nitrogens with two attached hydrogens (primary N) is 2. The molecule has 2 aliphatic rings. The van der Waals surface area contributed by atoms with Crippen molar-refractivity contribution < 1.29 is 35.4 Å². The van der Waals surface area contributed by atoms with Crippen LogP contribution in [-0.2, 0) is 31.6 Å². The van der Waals surface area contributed by atoms with Crippen LogP contribution in [0, 0.1) is 5.82 Å². The third-order valence-corrected chi connectivity index (χ3v) is 13.0. The quantitative estimate of drug-likeness (QED) is 0.122. The second-order valence-corrected chi connectivity index (χ2v) is 19.8. The van der Waals surface area contributed by atoms with Crippen LogP contribution in [0.25, 0.3) is 22.3 Å². The Bertz CT molecular complexity index is 2750. The number of benzene rings is 6. The summed E-state index contributed by atoms with van der Waals surface area (Å²) in [5.74, 6) is 3.28. The Hall–Kier alpha value is -4.83. The monoisotopic (exact) mass is 870 g/mol. The van der Waals surface area contributed by atoms with Gasteiger partial charge in [-0.3, -0.25) is 0 Å². The number of hydrogen-bond acceptors (Lipinski definition) is 9. The number of rotatable bonds is 11. The van der Waals surface area contributed by atoms with Crippen molar-refractivity contribution in [3.05, 3.63) is 161 Å². The van der Waals surface area contributed by atoms with Crippen LogP contribution in [0.1, 0.15) is 59.4 Å². The van der Waals surface area contributed by atoms with Gasteiger partial charge in [-0.25, -0.2) is 31.5 Å². The third kappa shape index (κ3) is 9.80. The average Bonchev–Trinajstić information content (AvgIpc) is 3.19. The normalized spacial score (nSPS) is 15.2. The largest absolute Gasteiger partial charge is 0.497 e. The van der Waals surface area contributed by atoms with Crippen LogP contribution in [0.5, 0.6) is 17.2 Å². The first-order chi connectivity index (χ1) is 28.2. The first-order valence-corrected chi connectivity index (χ1v) is 24.2. The average molecular weight is 871 g/mol. The van der Waals surface area contributed by atoms with Gasteiger partial charge in [0.1, 0.15) is 35.3 Å². The number of hydrogen-bond donors (Lipinski definition) is 2. The van der Waals surface area contributed by atoms with Crippen LogP contribution in [-0.4, -0.2) is 35.5 Å². The predicted octanol–water partition coefficient (Wildman–Crippen LogP) is 9.62. The van der Waals surface area contributed by atoms with Crippen LogP contribution in [0.4, 0.5) is 4.39 Å². The Morgan fingerprint density at radius 3 is 1.51 bits per heavy atom. The summed E-state index contributed by atoms with van der Waals surface area (Å²) in [5.41, 5.74) is 8.53. The maximum atomic E-state index is 13.9. The molecular weight excluding hydrogens is 828 g/mol. The van der Waals surface area contributed by atoms with Gasteiger partial charge < -0.3 is 14.2 Å². The van der Waals surface area contributed by atoms with E-state index in [1.54, 1.807) is 54.9 Å². The van der Waals surface area contributed by atoms with Crippen molar-refractivity contribution in [3.8, 4) is 39.5 Å². The fourth-order valence-electron chi connectivity index (χ4n) is 7.41. The van der Waals surface area contributed by atoms with Crippen molar-refractivity contribution in [1.29, 1.82) is 0 Å². The van der Waals surface area contributed by atoms with Crippen LogP contribution in [0.2, 0.25) is 0 Å². The van der Waals surface area contributed by atoms with E-state index in [9.17, 15) is 21.2 Å². The Labute approximate surface area is 353 Å². The minimum Gasteiger partial charge on any atom is -0.497 e. The van der Waals surface area contributed by atoms with E-state index in [-0.39, 0.29) is 23.4 Å². The van der Waals surface area contributed by atoms with Crippen LogP contribution < -0.4 is 24.5 Å². The summed E-state index contributed by atoms with van der Waals surface area (Å²) in [4.78, 5) is 2.22. The second kappa shape index (κ2) is 17.8. The van der Waals surface area contributed by atoms with Crippen molar-refractivity contribution >= 4 is 43.6 Å². The van der Waals surface area contributed by atoms with E-state index in [1.807, 2.05) is 78.9 Å². The molecule has 14 heteroatoms. The third-order valence-electron chi connectivity index (χ3n) is 9.68. The van der Waals surface area contributed by atoms with Gasteiger partial charge >= 0.3 is 0 Å². The summed E-state index contributed by atoms with van der Waals surface area (Å²) in [5, 5.41) is 10.5. The zero-order chi connectivity index (χ0) is 41.9. The van der Waals surface area contributed by atoms with E-state index in [4.69, 9.17) is 24.5 Å². The number of fused-ring (bicyclic) bond motifs is 6. The molecule has 2 unspecified atom stereocenters. The molecule has 0 saturated heterocycles. The first-order valence-electron chi connectivity index (χ1n) is 18.8. The summed E-state index contributed by atoms with van der Waals surface area (Å²) >= 11 is 3.47. The van der Waals surface area contributed by atoms with E-state index in [2.05, 4.69) is 19.9 Å². The Morgan fingerprint density at radius 2 is 1.07 bits per heavy atom. The molecule has 0 radical (unpaired) electrons. The fourth-order valence-corrected chi connectivity index (χ4v) is 10.4. The minimum atomic E-state index is -3.67. The summed E-state index contributed by atoms with van der Waals surface area (Å²) in [6.45, 7) is 4.20. The van der Waals surface area contributed by atoms with E-state index in [1.165, 1.54) is 12.1 Å². The minimum absolute atomic E-state index is 0.219. The SMILES string of the molecule is CCSc1cccc2c1-c1ccc(CS(N)(=O)=O)cc1C(c1cccc(F)c1)O2.CCSc1cccc2c1-c1ccc(CS(N)(=O)=O)cc1C(c1cccc(OC)c1)O2. The molecule has 306 valence electrons. The lowest BCUT2D eigenvalue weighted by molar-refractivity contribution is 0.242. The Morgan fingerprint density at radius 1 is 0.610 bits per heavy atom. The molecule has 0 fully saturated rings. The Kier molecular flexibility index (Phi) is 12.8. The number of halogens is 1. The van der Waals surface area contributed by atoms with Crippen molar-refractivity contribution in [3.63, 3.8) is 0 Å². The zero-order valence-electron chi connectivity index (χ0n) is 32.6. The molecule has 6 aromatic carbocycles. The summed E-state index contributed by atoms with van der Waals surface area (Å²) in [6, 6.07) is 37.1. The lowest BCUT2D eigenvalue weighted by Crippen LogP contribution is -2.18. The number of ether oxygens (including phenoxy) is 3. The van der Waals surface area contributed by atoms with Crippen molar-refractivity contribution in [2.75, 3.05) is 18.6 Å². The van der Waals surface area contributed by atoms with Crippen molar-refractivity contribution in [2.45, 2.75) is 47.4 Å². The number of primary sulfonamides is 2. The maximum absolute atomic E-state index is 13.9. The van der Waals surface area contributed by atoms with Gasteiger partial charge in [0.15, 0.2) is 0 Å². The van der Waals surface area contributed by atoms with Crippen LogP contribution >= 0.6 is 23.5 Å². The van der Waals surface area contributed by atoms with Gasteiger partial charge in [0.05, 0.1) is 18.6 Å². The molecule has 2 atom stereocenters. The second-order valence-electron chi connectivity index (χ2n) is 13.9. The molecule has 8 rings (SSSR count). The standard InChI is InChI=1S/C23H23NO4S2.C22H20FNO3S2/c1-3-29-21-9-5-8-20-22(21)18-11-10-15(14-30(24,25)26)12-19(18)23(28-20)16-6-4-7-17(13-16)27-2;1-2-28-20-8-4-7-19-21(20)17-10-9-14(13-29(24,25)26)11-18(17)22(27-19)15-5-3-6-16(23)12-15/h4-13,23H,3,14H2,1-2H3,(H2,24,25,26);3-12,22H,2,13H2,1H3,(H2,24,25,26). The molecule has 2 heterocycles. The molecule has 4 N–H and O–H groups in total. The van der Waals surface area contributed by atoms with Gasteiger partial charge in [0.25, 0.3) is 0 Å². The Balaban J connectivity index is 0.000000179. The molecule has 9 nitrogen and oxygen atoms in total. The van der Waals surface area contributed by atoms with E-state index in [0.29, 0.717) is 16.7 Å². The lowest BCUT2D eigenvalue weighted by Gasteiger charge is -2.31. The van der Waals surface area contributed by atoms with Gasteiger partial charge in [-0.2, -0.15) is 0 Å². The molecule has 0 saturated carbocycles. The molecule has 0 bridgehead atoms. The molecular formula is C45H43FN2O7S4.